The molecule has 0 radical (unpaired) electrons. The second-order valence-corrected chi connectivity index (χ2v) is 6.54. The second kappa shape index (κ2) is 4.78. The predicted octanol–water partition coefficient (Wildman–Crippen LogP) is 4.82. The molecule has 3 rings (SSSR count). The Morgan fingerprint density at radius 2 is 1.65 bits per heavy atom. The van der Waals surface area contributed by atoms with Crippen LogP contribution in [0.3, 0.4) is 0 Å². The summed E-state index contributed by atoms with van der Waals surface area (Å²) in [5, 5.41) is 0. The summed E-state index contributed by atoms with van der Waals surface area (Å²) in [6.07, 6.45) is 1.09. The smallest absolute Gasteiger partial charge is 0.138 e. The van der Waals surface area contributed by atoms with E-state index < -0.39 is 0 Å². The largest absolute Gasteiger partial charge is 0.338 e. The molecule has 0 spiro atoms. The van der Waals surface area contributed by atoms with Gasteiger partial charge in [-0.3, -0.25) is 0 Å². The molecule has 0 aliphatic carbocycles. The number of aromatic nitrogens is 2. The molecule has 1 heterocycles. The third kappa shape index (κ3) is 2.74. The quantitative estimate of drug-likeness (QED) is 0.706. The number of fused-ring (bicyclic) bond motifs is 1. The van der Waals surface area contributed by atoms with E-state index in [-0.39, 0.29) is 0 Å². The lowest BCUT2D eigenvalue weighted by Gasteiger charge is -2.18. The van der Waals surface area contributed by atoms with Crippen LogP contribution < -0.4 is 0 Å². The van der Waals surface area contributed by atoms with Crippen molar-refractivity contribution in [3.63, 3.8) is 0 Å². The Hall–Kier alpha value is -2.09. The number of H-pyrrole nitrogens is 1. The molecule has 20 heavy (non-hydrogen) atoms. The average Bonchev–Trinajstić information content (AvgIpc) is 2.81. The minimum absolute atomic E-state index is 0.320. The Kier molecular flexibility index (Phi) is 3.09. The number of para-hydroxylation sites is 2. The van der Waals surface area contributed by atoms with E-state index in [2.05, 4.69) is 61.1 Å². The molecule has 0 fully saturated rings. The van der Waals surface area contributed by atoms with Crippen molar-refractivity contribution in [2.24, 2.45) is 5.41 Å². The number of nitrogens with zero attached hydrogens (tertiary/aromatic N) is 1. The summed E-state index contributed by atoms with van der Waals surface area (Å²) >= 11 is 0. The zero-order chi connectivity index (χ0) is 14.2. The summed E-state index contributed by atoms with van der Waals surface area (Å²) < 4.78 is 0. The number of hydrogen-bond donors (Lipinski definition) is 1. The van der Waals surface area contributed by atoms with E-state index in [4.69, 9.17) is 0 Å². The van der Waals surface area contributed by atoms with Crippen molar-refractivity contribution < 1.29 is 0 Å². The lowest BCUT2D eigenvalue weighted by molar-refractivity contribution is 0.411. The Balaban J connectivity index is 1.90. The van der Waals surface area contributed by atoms with Gasteiger partial charge in [0.25, 0.3) is 0 Å². The van der Waals surface area contributed by atoms with Crippen LogP contribution in [0.15, 0.2) is 48.5 Å². The number of hydrogen-bond acceptors (Lipinski definition) is 1. The molecule has 102 valence electrons. The molecule has 0 aliphatic rings. The van der Waals surface area contributed by atoms with Crippen molar-refractivity contribution in [1.29, 1.82) is 0 Å². The lowest BCUT2D eigenvalue weighted by atomic mass is 9.88. The highest BCUT2D eigenvalue weighted by molar-refractivity contribution is 5.79. The van der Waals surface area contributed by atoms with Crippen LogP contribution in [0.1, 0.15) is 26.3 Å². The Morgan fingerprint density at radius 1 is 0.950 bits per heavy atom. The van der Waals surface area contributed by atoms with Crippen LogP contribution >= 0.6 is 0 Å². The summed E-state index contributed by atoms with van der Waals surface area (Å²) in [6.45, 7) is 6.79. The first-order chi connectivity index (χ1) is 9.51. The first-order valence-electron chi connectivity index (χ1n) is 7.05. The van der Waals surface area contributed by atoms with Gasteiger partial charge in [-0.15, -0.1) is 0 Å². The van der Waals surface area contributed by atoms with Crippen LogP contribution in [0.2, 0.25) is 0 Å². The van der Waals surface area contributed by atoms with Gasteiger partial charge in [0.15, 0.2) is 0 Å². The van der Waals surface area contributed by atoms with E-state index in [0.29, 0.717) is 5.41 Å². The molecule has 2 aromatic carbocycles. The molecular formula is C18H20N2. The topological polar surface area (TPSA) is 28.7 Å². The van der Waals surface area contributed by atoms with Gasteiger partial charge in [-0.05, 0) is 29.5 Å². The molecule has 0 saturated heterocycles. The maximum atomic E-state index is 4.63. The molecule has 0 bridgehead atoms. The van der Waals surface area contributed by atoms with Gasteiger partial charge in [-0.2, -0.15) is 0 Å². The number of nitrogens with one attached hydrogen (secondary N) is 1. The van der Waals surface area contributed by atoms with Crippen LogP contribution in [0.4, 0.5) is 0 Å². The molecule has 2 heteroatoms. The van der Waals surface area contributed by atoms with Crippen molar-refractivity contribution in [2.75, 3.05) is 0 Å². The molecule has 1 aromatic heterocycles. The highest BCUT2D eigenvalue weighted by Crippen LogP contribution is 2.24. The summed E-state index contributed by atoms with van der Waals surface area (Å²) in [5.74, 6) is 0.938. The fraction of sp³-hybridized carbons (Fsp3) is 0.278. The molecule has 0 saturated carbocycles. The SMILES string of the molecule is CC(C)(C)Cc1ccc(-c2nc3ccccc3[nH]2)cc1. The summed E-state index contributed by atoms with van der Waals surface area (Å²) in [6, 6.07) is 16.8. The highest BCUT2D eigenvalue weighted by atomic mass is 14.9. The number of benzene rings is 2. The van der Waals surface area contributed by atoms with E-state index in [0.717, 1.165) is 28.8 Å². The van der Waals surface area contributed by atoms with Crippen LogP contribution in [-0.2, 0) is 6.42 Å². The third-order valence-corrected chi connectivity index (χ3v) is 3.35. The van der Waals surface area contributed by atoms with Gasteiger partial charge in [0.1, 0.15) is 5.82 Å². The number of rotatable bonds is 2. The fourth-order valence-electron chi connectivity index (χ4n) is 2.48. The maximum absolute atomic E-state index is 4.63. The van der Waals surface area contributed by atoms with E-state index in [1.54, 1.807) is 0 Å². The summed E-state index contributed by atoms with van der Waals surface area (Å²) in [5.41, 5.74) is 4.93. The van der Waals surface area contributed by atoms with Crippen molar-refractivity contribution in [3.05, 3.63) is 54.1 Å². The van der Waals surface area contributed by atoms with Gasteiger partial charge in [-0.25, -0.2) is 4.98 Å². The number of imidazole rings is 1. The van der Waals surface area contributed by atoms with Gasteiger partial charge in [0.05, 0.1) is 11.0 Å². The van der Waals surface area contributed by atoms with Crippen LogP contribution in [-0.4, -0.2) is 9.97 Å². The molecule has 0 atom stereocenters. The first-order valence-corrected chi connectivity index (χ1v) is 7.05. The van der Waals surface area contributed by atoms with E-state index >= 15 is 0 Å². The van der Waals surface area contributed by atoms with Crippen molar-refractivity contribution >= 4 is 11.0 Å². The predicted molar refractivity (Wildman–Crippen MR) is 84.7 cm³/mol. The van der Waals surface area contributed by atoms with Gasteiger partial charge in [0, 0.05) is 5.56 Å². The molecule has 3 aromatic rings. The van der Waals surface area contributed by atoms with E-state index in [1.807, 2.05) is 18.2 Å². The zero-order valence-corrected chi connectivity index (χ0v) is 12.3. The molecule has 2 nitrogen and oxygen atoms in total. The number of aromatic amines is 1. The summed E-state index contributed by atoms with van der Waals surface area (Å²) in [4.78, 5) is 8.00. The van der Waals surface area contributed by atoms with Gasteiger partial charge >= 0.3 is 0 Å². The average molecular weight is 264 g/mol. The van der Waals surface area contributed by atoms with Gasteiger partial charge in [-0.1, -0.05) is 57.2 Å². The van der Waals surface area contributed by atoms with E-state index in [9.17, 15) is 0 Å². The minimum atomic E-state index is 0.320. The lowest BCUT2D eigenvalue weighted by Crippen LogP contribution is -2.08. The van der Waals surface area contributed by atoms with Crippen molar-refractivity contribution in [2.45, 2.75) is 27.2 Å². The monoisotopic (exact) mass is 264 g/mol. The molecule has 0 unspecified atom stereocenters. The first kappa shape index (κ1) is 12.9. The Labute approximate surface area is 119 Å². The Bertz CT molecular complexity index is 682. The second-order valence-electron chi connectivity index (χ2n) is 6.54. The van der Waals surface area contributed by atoms with Crippen LogP contribution in [0.5, 0.6) is 0 Å². The third-order valence-electron chi connectivity index (χ3n) is 3.35. The standard InChI is InChI=1S/C18H20N2/c1-18(2,3)12-13-8-10-14(11-9-13)17-19-15-6-4-5-7-16(15)20-17/h4-11H,12H2,1-3H3,(H,19,20). The van der Waals surface area contributed by atoms with E-state index in [1.165, 1.54) is 5.56 Å². The molecule has 1 N–H and O–H groups in total. The molecule has 0 aliphatic heterocycles. The Morgan fingerprint density at radius 3 is 2.30 bits per heavy atom. The van der Waals surface area contributed by atoms with Gasteiger partial charge < -0.3 is 4.98 Å². The van der Waals surface area contributed by atoms with Crippen LogP contribution in [0.25, 0.3) is 22.4 Å². The molecular weight excluding hydrogens is 244 g/mol. The van der Waals surface area contributed by atoms with Crippen molar-refractivity contribution in [1.82, 2.24) is 9.97 Å². The normalized spacial score (nSPS) is 11.9. The summed E-state index contributed by atoms with van der Waals surface area (Å²) in [7, 11) is 0. The maximum Gasteiger partial charge on any atom is 0.138 e. The van der Waals surface area contributed by atoms with Crippen LogP contribution in [0, 0.1) is 5.41 Å². The molecule has 0 amide bonds. The minimum Gasteiger partial charge on any atom is -0.338 e. The zero-order valence-electron chi connectivity index (χ0n) is 12.3. The fourth-order valence-corrected chi connectivity index (χ4v) is 2.48. The van der Waals surface area contributed by atoms with Crippen molar-refractivity contribution in [3.8, 4) is 11.4 Å². The van der Waals surface area contributed by atoms with Gasteiger partial charge in [0.2, 0.25) is 0 Å². The highest BCUT2D eigenvalue weighted by Gasteiger charge is 2.11.